The van der Waals surface area contributed by atoms with E-state index in [9.17, 15) is 19.8 Å². The van der Waals surface area contributed by atoms with E-state index in [0.717, 1.165) is 32.1 Å². The monoisotopic (exact) mass is 324 g/mol. The number of carboxylic acids is 2. The second-order valence-electron chi connectivity index (χ2n) is 7.42. The second-order valence-corrected chi connectivity index (χ2v) is 7.42. The lowest BCUT2D eigenvalue weighted by Gasteiger charge is -2.47. The minimum atomic E-state index is -1.19. The average Bonchev–Trinajstić information content (AvgIpc) is 2.47. The third kappa shape index (κ3) is 4.15. The quantitative estimate of drug-likeness (QED) is 0.443. The first-order chi connectivity index (χ1) is 10.8. The first kappa shape index (κ1) is 19.7. The van der Waals surface area contributed by atoms with Crippen molar-refractivity contribution in [1.29, 1.82) is 0 Å². The van der Waals surface area contributed by atoms with E-state index < -0.39 is 22.8 Å². The third-order valence-electron chi connectivity index (χ3n) is 5.30. The smallest absolute Gasteiger partial charge is 0.311 e. The van der Waals surface area contributed by atoms with Gasteiger partial charge in [0.15, 0.2) is 0 Å². The zero-order valence-corrected chi connectivity index (χ0v) is 14.8. The molecule has 23 heavy (non-hydrogen) atoms. The maximum atomic E-state index is 12.2. The molecule has 0 radical (unpaired) electrons. The van der Waals surface area contributed by atoms with Crippen molar-refractivity contribution in [2.75, 3.05) is 0 Å². The van der Waals surface area contributed by atoms with Crippen LogP contribution in [0.15, 0.2) is 12.2 Å². The van der Waals surface area contributed by atoms with Crippen LogP contribution in [0.3, 0.4) is 0 Å². The summed E-state index contributed by atoms with van der Waals surface area (Å²) in [5.74, 6) is -1.75. The third-order valence-corrected chi connectivity index (χ3v) is 5.30. The summed E-state index contributed by atoms with van der Waals surface area (Å²) in [6, 6.07) is 0. The van der Waals surface area contributed by atoms with Gasteiger partial charge in [0.1, 0.15) is 0 Å². The zero-order valence-electron chi connectivity index (χ0n) is 14.8. The van der Waals surface area contributed by atoms with Crippen molar-refractivity contribution in [2.24, 2.45) is 16.7 Å². The van der Waals surface area contributed by atoms with Crippen LogP contribution in [0.4, 0.5) is 0 Å². The highest BCUT2D eigenvalue weighted by Crippen LogP contribution is 2.55. The van der Waals surface area contributed by atoms with Crippen LogP contribution >= 0.6 is 0 Å². The van der Waals surface area contributed by atoms with Gasteiger partial charge in [0.25, 0.3) is 0 Å². The van der Waals surface area contributed by atoms with E-state index in [-0.39, 0.29) is 5.92 Å². The molecule has 0 aromatic rings. The zero-order chi connectivity index (χ0) is 17.5. The molecule has 0 bridgehead atoms. The van der Waals surface area contributed by atoms with Crippen LogP contribution in [-0.2, 0) is 9.59 Å². The van der Waals surface area contributed by atoms with Crippen LogP contribution in [0.5, 0.6) is 0 Å². The predicted molar refractivity (Wildman–Crippen MR) is 91.3 cm³/mol. The maximum absolute atomic E-state index is 12.2. The van der Waals surface area contributed by atoms with Gasteiger partial charge in [-0.05, 0) is 31.6 Å². The van der Waals surface area contributed by atoms with Crippen molar-refractivity contribution in [2.45, 2.75) is 78.6 Å². The van der Waals surface area contributed by atoms with Crippen LogP contribution < -0.4 is 0 Å². The molecular weight excluding hydrogens is 292 g/mol. The fraction of sp³-hybridized carbons (Fsp3) is 0.789. The van der Waals surface area contributed by atoms with E-state index in [1.165, 1.54) is 0 Å². The Morgan fingerprint density at radius 2 is 1.48 bits per heavy atom. The first-order valence-electron chi connectivity index (χ1n) is 8.94. The summed E-state index contributed by atoms with van der Waals surface area (Å²) in [5, 5.41) is 20.0. The topological polar surface area (TPSA) is 74.6 Å². The Kier molecular flexibility index (Phi) is 7.30. The molecule has 4 heteroatoms. The molecule has 0 amide bonds. The number of allylic oxidation sites excluding steroid dienone is 2. The van der Waals surface area contributed by atoms with Crippen LogP contribution in [0.1, 0.15) is 78.6 Å². The molecule has 1 aliphatic carbocycles. The van der Waals surface area contributed by atoms with E-state index in [2.05, 4.69) is 6.92 Å². The van der Waals surface area contributed by atoms with Crippen LogP contribution in [0.2, 0.25) is 0 Å². The molecule has 132 valence electrons. The van der Waals surface area contributed by atoms with Crippen LogP contribution in [-0.4, -0.2) is 22.2 Å². The van der Waals surface area contributed by atoms with Crippen molar-refractivity contribution in [3.05, 3.63) is 12.2 Å². The Labute approximate surface area is 140 Å². The summed E-state index contributed by atoms with van der Waals surface area (Å²) in [7, 11) is 0. The highest BCUT2D eigenvalue weighted by atomic mass is 16.4. The molecule has 4 nitrogen and oxygen atoms in total. The van der Waals surface area contributed by atoms with Gasteiger partial charge in [-0.1, -0.05) is 65.0 Å². The van der Waals surface area contributed by atoms with Crippen molar-refractivity contribution < 1.29 is 19.8 Å². The van der Waals surface area contributed by atoms with Gasteiger partial charge in [0.2, 0.25) is 0 Å². The molecule has 0 aromatic carbocycles. The van der Waals surface area contributed by atoms with Crippen molar-refractivity contribution in [3.8, 4) is 0 Å². The molecular formula is C19H32O4. The van der Waals surface area contributed by atoms with E-state index >= 15 is 0 Å². The summed E-state index contributed by atoms with van der Waals surface area (Å²) < 4.78 is 0. The highest BCUT2D eigenvalue weighted by Gasteiger charge is 2.60. The summed E-state index contributed by atoms with van der Waals surface area (Å²) in [6.45, 7) is 6.08. The van der Waals surface area contributed by atoms with Crippen molar-refractivity contribution in [3.63, 3.8) is 0 Å². The second kappa shape index (κ2) is 8.51. The number of hydrogen-bond acceptors (Lipinski definition) is 2. The van der Waals surface area contributed by atoms with Gasteiger partial charge in [0, 0.05) is 0 Å². The molecule has 0 aromatic heterocycles. The van der Waals surface area contributed by atoms with Gasteiger partial charge in [-0.2, -0.15) is 0 Å². The van der Waals surface area contributed by atoms with E-state index in [4.69, 9.17) is 0 Å². The Morgan fingerprint density at radius 3 is 1.96 bits per heavy atom. The maximum Gasteiger partial charge on any atom is 0.311 e. The van der Waals surface area contributed by atoms with E-state index in [0.29, 0.717) is 25.7 Å². The number of unbranched alkanes of at least 4 members (excludes halogenated alkanes) is 4. The minimum absolute atomic E-state index is 0.149. The Morgan fingerprint density at radius 1 is 0.957 bits per heavy atom. The number of carboxylic acid groups (broad SMARTS) is 2. The SMILES string of the molecule is CCCCCCCC1(C(=O)O)CC=CCC1(CC(C)C)C(=O)O. The molecule has 0 saturated carbocycles. The fourth-order valence-electron chi connectivity index (χ4n) is 4.09. The minimum Gasteiger partial charge on any atom is -0.481 e. The molecule has 0 heterocycles. The molecule has 1 aliphatic rings. The standard InChI is InChI=1S/C19H32O4/c1-4-5-6-7-8-11-18(16(20)21)12-9-10-13-19(18,17(22)23)14-15(2)3/h9-10,15H,4-8,11-14H2,1-3H3,(H,20,21)(H,22,23). The molecule has 2 atom stereocenters. The molecule has 0 fully saturated rings. The summed E-state index contributed by atoms with van der Waals surface area (Å²) in [6.07, 6.45) is 10.4. The van der Waals surface area contributed by atoms with Gasteiger partial charge in [-0.25, -0.2) is 0 Å². The van der Waals surface area contributed by atoms with Gasteiger partial charge in [0.05, 0.1) is 10.8 Å². The Bertz CT molecular complexity index is 441. The Balaban J connectivity index is 3.09. The molecule has 0 aliphatic heterocycles. The van der Waals surface area contributed by atoms with Gasteiger partial charge >= 0.3 is 11.9 Å². The average molecular weight is 324 g/mol. The van der Waals surface area contributed by atoms with Crippen molar-refractivity contribution >= 4 is 11.9 Å². The lowest BCUT2D eigenvalue weighted by Crippen LogP contribution is -2.54. The lowest BCUT2D eigenvalue weighted by atomic mass is 9.53. The molecule has 0 saturated heterocycles. The number of rotatable bonds is 10. The van der Waals surface area contributed by atoms with Crippen LogP contribution in [0, 0.1) is 16.7 Å². The number of hydrogen-bond donors (Lipinski definition) is 2. The first-order valence-corrected chi connectivity index (χ1v) is 8.94. The van der Waals surface area contributed by atoms with E-state index in [1.54, 1.807) is 0 Å². The molecule has 0 spiro atoms. The van der Waals surface area contributed by atoms with Gasteiger partial charge in [-0.15, -0.1) is 0 Å². The van der Waals surface area contributed by atoms with Crippen molar-refractivity contribution in [1.82, 2.24) is 0 Å². The van der Waals surface area contributed by atoms with E-state index in [1.807, 2.05) is 26.0 Å². The summed E-state index contributed by atoms with van der Waals surface area (Å²) in [4.78, 5) is 24.4. The van der Waals surface area contributed by atoms with Crippen LogP contribution in [0.25, 0.3) is 0 Å². The molecule has 2 unspecified atom stereocenters. The largest absolute Gasteiger partial charge is 0.481 e. The normalized spacial score (nSPS) is 27.3. The highest BCUT2D eigenvalue weighted by molar-refractivity contribution is 5.87. The lowest BCUT2D eigenvalue weighted by molar-refractivity contribution is -0.178. The summed E-state index contributed by atoms with van der Waals surface area (Å²) in [5.41, 5.74) is -2.36. The molecule has 2 N–H and O–H groups in total. The number of aliphatic carboxylic acids is 2. The van der Waals surface area contributed by atoms with Gasteiger partial charge < -0.3 is 10.2 Å². The number of carbonyl (C=O) groups is 2. The van der Waals surface area contributed by atoms with Gasteiger partial charge in [-0.3, -0.25) is 9.59 Å². The molecule has 1 rings (SSSR count). The fourth-order valence-corrected chi connectivity index (χ4v) is 4.09. The summed E-state index contributed by atoms with van der Waals surface area (Å²) >= 11 is 0. The predicted octanol–water partition coefficient (Wildman–Crippen LogP) is 4.89. The Hall–Kier alpha value is -1.32.